The van der Waals surface area contributed by atoms with Crippen molar-refractivity contribution in [3.8, 4) is 0 Å². The maximum Gasteiger partial charge on any atom is 0.152 e. The normalized spacial score (nSPS) is 14.7. The molecule has 1 aliphatic rings. The molecule has 0 aromatic carbocycles. The minimum absolute atomic E-state index is 0.762. The Bertz CT molecular complexity index is 588. The topological polar surface area (TPSA) is 59.7 Å². The molecule has 0 unspecified atom stereocenters. The van der Waals surface area contributed by atoms with Crippen molar-refractivity contribution in [3.05, 3.63) is 29.2 Å². The molecule has 18 heavy (non-hydrogen) atoms. The number of aryl methyl sites for hydroxylation is 3. The third-order valence-electron chi connectivity index (χ3n) is 3.30. The maximum atomic E-state index is 4.53. The molecule has 0 aliphatic carbocycles. The fourth-order valence-electron chi connectivity index (χ4n) is 2.32. The Balaban J connectivity index is 1.94. The van der Waals surface area contributed by atoms with Crippen LogP contribution in [0, 0.1) is 20.8 Å². The van der Waals surface area contributed by atoms with Crippen LogP contribution in [-0.2, 0) is 13.1 Å². The van der Waals surface area contributed by atoms with Gasteiger partial charge in [0.1, 0.15) is 17.5 Å². The van der Waals surface area contributed by atoms with Gasteiger partial charge in [0.15, 0.2) is 5.82 Å². The van der Waals surface area contributed by atoms with Crippen LogP contribution >= 0.6 is 0 Å². The third-order valence-corrected chi connectivity index (χ3v) is 3.30. The van der Waals surface area contributed by atoms with Gasteiger partial charge in [0.25, 0.3) is 0 Å². The van der Waals surface area contributed by atoms with E-state index in [0.29, 0.717) is 0 Å². The highest BCUT2D eigenvalue weighted by molar-refractivity contribution is 5.45. The predicted molar refractivity (Wildman–Crippen MR) is 67.3 cm³/mol. The quantitative estimate of drug-likeness (QED) is 0.749. The second-order valence-electron chi connectivity index (χ2n) is 4.66. The Hall–Kier alpha value is -1.98. The molecule has 0 bridgehead atoms. The van der Waals surface area contributed by atoms with Gasteiger partial charge in [-0.2, -0.15) is 0 Å². The molecule has 3 heterocycles. The summed E-state index contributed by atoms with van der Waals surface area (Å²) in [5.74, 6) is 3.81. The van der Waals surface area contributed by atoms with Crippen LogP contribution in [0.15, 0.2) is 6.20 Å². The summed E-state index contributed by atoms with van der Waals surface area (Å²) >= 11 is 0. The minimum Gasteiger partial charge on any atom is -0.347 e. The number of hydrogen-bond acceptors (Lipinski definition) is 5. The number of fused-ring (bicyclic) bond motifs is 1. The summed E-state index contributed by atoms with van der Waals surface area (Å²) in [7, 11) is 0. The molecule has 0 fully saturated rings. The zero-order valence-electron chi connectivity index (χ0n) is 10.9. The highest BCUT2D eigenvalue weighted by Crippen LogP contribution is 2.21. The standard InChI is InChI=1S/C12H16N6/c1-8-6-13-9(2)14-12(8)17-4-5-18-10(3)15-16-11(18)7-17/h6H,4-5,7H2,1-3H3. The summed E-state index contributed by atoms with van der Waals surface area (Å²) in [5, 5.41) is 8.33. The van der Waals surface area contributed by atoms with E-state index in [-0.39, 0.29) is 0 Å². The van der Waals surface area contributed by atoms with Crippen molar-refractivity contribution in [2.24, 2.45) is 0 Å². The van der Waals surface area contributed by atoms with Gasteiger partial charge in [-0.1, -0.05) is 0 Å². The molecular weight excluding hydrogens is 228 g/mol. The van der Waals surface area contributed by atoms with Gasteiger partial charge in [-0.3, -0.25) is 0 Å². The van der Waals surface area contributed by atoms with Crippen LogP contribution < -0.4 is 4.90 Å². The van der Waals surface area contributed by atoms with E-state index in [1.807, 2.05) is 27.0 Å². The van der Waals surface area contributed by atoms with Crippen LogP contribution in [0.5, 0.6) is 0 Å². The smallest absolute Gasteiger partial charge is 0.152 e. The number of hydrogen-bond donors (Lipinski definition) is 0. The van der Waals surface area contributed by atoms with Crippen molar-refractivity contribution in [3.63, 3.8) is 0 Å². The van der Waals surface area contributed by atoms with E-state index < -0.39 is 0 Å². The summed E-state index contributed by atoms with van der Waals surface area (Å²) in [6, 6.07) is 0. The molecule has 0 radical (unpaired) electrons. The number of nitrogens with zero attached hydrogens (tertiary/aromatic N) is 6. The Morgan fingerprint density at radius 1 is 1.11 bits per heavy atom. The lowest BCUT2D eigenvalue weighted by Crippen LogP contribution is -2.35. The second-order valence-corrected chi connectivity index (χ2v) is 4.66. The molecule has 6 heteroatoms. The van der Waals surface area contributed by atoms with E-state index in [0.717, 1.165) is 48.5 Å². The molecule has 0 saturated heterocycles. The van der Waals surface area contributed by atoms with E-state index >= 15 is 0 Å². The molecule has 0 N–H and O–H groups in total. The van der Waals surface area contributed by atoms with Crippen molar-refractivity contribution in [1.82, 2.24) is 24.7 Å². The molecule has 1 aliphatic heterocycles. The van der Waals surface area contributed by atoms with Crippen molar-refractivity contribution in [1.29, 1.82) is 0 Å². The van der Waals surface area contributed by atoms with Gasteiger partial charge in [-0.25, -0.2) is 9.97 Å². The van der Waals surface area contributed by atoms with Gasteiger partial charge in [0.05, 0.1) is 6.54 Å². The molecule has 0 spiro atoms. The minimum atomic E-state index is 0.762. The van der Waals surface area contributed by atoms with Crippen molar-refractivity contribution in [2.45, 2.75) is 33.9 Å². The third kappa shape index (κ3) is 1.73. The first-order chi connectivity index (χ1) is 8.65. The second kappa shape index (κ2) is 4.04. The van der Waals surface area contributed by atoms with Gasteiger partial charge in [0.2, 0.25) is 0 Å². The lowest BCUT2D eigenvalue weighted by Gasteiger charge is -2.29. The lowest BCUT2D eigenvalue weighted by molar-refractivity contribution is 0.545. The van der Waals surface area contributed by atoms with Crippen LogP contribution in [0.3, 0.4) is 0 Å². The average Bonchev–Trinajstić information content (AvgIpc) is 2.74. The summed E-state index contributed by atoms with van der Waals surface area (Å²) in [6.07, 6.45) is 1.88. The van der Waals surface area contributed by atoms with E-state index in [2.05, 4.69) is 29.6 Å². The van der Waals surface area contributed by atoms with E-state index in [1.54, 1.807) is 0 Å². The van der Waals surface area contributed by atoms with Crippen LogP contribution in [-0.4, -0.2) is 31.3 Å². The molecule has 3 rings (SSSR count). The maximum absolute atomic E-state index is 4.53. The Morgan fingerprint density at radius 3 is 2.78 bits per heavy atom. The van der Waals surface area contributed by atoms with Gasteiger partial charge < -0.3 is 9.47 Å². The molecule has 0 atom stereocenters. The summed E-state index contributed by atoms with van der Waals surface area (Å²) < 4.78 is 2.17. The van der Waals surface area contributed by atoms with Gasteiger partial charge in [-0.05, 0) is 20.8 Å². The number of anilines is 1. The molecule has 94 valence electrons. The van der Waals surface area contributed by atoms with Gasteiger partial charge in [0, 0.05) is 24.8 Å². The van der Waals surface area contributed by atoms with Crippen LogP contribution in [0.1, 0.15) is 23.0 Å². The van der Waals surface area contributed by atoms with E-state index in [1.165, 1.54) is 0 Å². The molecular formula is C12H16N6. The Kier molecular flexibility index (Phi) is 2.50. The van der Waals surface area contributed by atoms with Crippen molar-refractivity contribution >= 4 is 5.82 Å². The summed E-state index contributed by atoms with van der Waals surface area (Å²) in [4.78, 5) is 11.0. The van der Waals surface area contributed by atoms with Gasteiger partial charge >= 0.3 is 0 Å². The molecule has 2 aromatic rings. The molecule has 2 aromatic heterocycles. The molecule has 6 nitrogen and oxygen atoms in total. The highest BCUT2D eigenvalue weighted by atomic mass is 15.3. The van der Waals surface area contributed by atoms with Crippen molar-refractivity contribution < 1.29 is 0 Å². The first-order valence-electron chi connectivity index (χ1n) is 6.09. The average molecular weight is 244 g/mol. The van der Waals surface area contributed by atoms with Gasteiger partial charge in [-0.15, -0.1) is 10.2 Å². The fourth-order valence-corrected chi connectivity index (χ4v) is 2.32. The monoisotopic (exact) mass is 244 g/mol. The van der Waals surface area contributed by atoms with Crippen LogP contribution in [0.4, 0.5) is 5.82 Å². The SMILES string of the molecule is Cc1ncc(C)c(N2CCn3c(C)nnc3C2)n1. The van der Waals surface area contributed by atoms with E-state index in [9.17, 15) is 0 Å². The Morgan fingerprint density at radius 2 is 1.94 bits per heavy atom. The lowest BCUT2D eigenvalue weighted by atomic mass is 10.2. The van der Waals surface area contributed by atoms with Crippen LogP contribution in [0.25, 0.3) is 0 Å². The highest BCUT2D eigenvalue weighted by Gasteiger charge is 2.21. The Labute approximate surface area is 106 Å². The van der Waals surface area contributed by atoms with Crippen LogP contribution in [0.2, 0.25) is 0 Å². The number of rotatable bonds is 1. The molecule has 0 amide bonds. The molecule has 0 saturated carbocycles. The number of aromatic nitrogens is 5. The summed E-state index contributed by atoms with van der Waals surface area (Å²) in [5.41, 5.74) is 1.10. The summed E-state index contributed by atoms with van der Waals surface area (Å²) in [6.45, 7) is 8.56. The fraction of sp³-hybridized carbons (Fsp3) is 0.500. The first-order valence-corrected chi connectivity index (χ1v) is 6.09. The van der Waals surface area contributed by atoms with Crippen molar-refractivity contribution in [2.75, 3.05) is 11.4 Å². The zero-order valence-corrected chi connectivity index (χ0v) is 10.9. The predicted octanol–water partition coefficient (Wildman–Crippen LogP) is 1.01. The largest absolute Gasteiger partial charge is 0.347 e. The first kappa shape index (κ1) is 11.1. The van der Waals surface area contributed by atoms with E-state index in [4.69, 9.17) is 0 Å². The zero-order chi connectivity index (χ0) is 12.7.